The first kappa shape index (κ1) is 11.5. The van der Waals surface area contributed by atoms with Crippen molar-refractivity contribution in [1.29, 1.82) is 0 Å². The summed E-state index contributed by atoms with van der Waals surface area (Å²) in [6.45, 7) is 2.15. The summed E-state index contributed by atoms with van der Waals surface area (Å²) < 4.78 is 5.24. The van der Waals surface area contributed by atoms with Gasteiger partial charge in [-0.2, -0.15) is 0 Å². The molecule has 4 N–H and O–H groups in total. The zero-order valence-corrected chi connectivity index (χ0v) is 8.64. The molecule has 15 heavy (non-hydrogen) atoms. The normalized spacial score (nSPS) is 12.1. The molecule has 0 radical (unpaired) electrons. The summed E-state index contributed by atoms with van der Waals surface area (Å²) in [5.74, 6) is 0.0307. The third-order valence-corrected chi connectivity index (χ3v) is 1.91. The van der Waals surface area contributed by atoms with Crippen molar-refractivity contribution in [2.24, 2.45) is 11.5 Å². The molecule has 0 fully saturated rings. The van der Waals surface area contributed by atoms with Crippen molar-refractivity contribution in [3.8, 4) is 5.75 Å². The Bertz CT molecular complexity index is 324. The van der Waals surface area contributed by atoms with Crippen LogP contribution in [0.15, 0.2) is 18.3 Å². The SMILES string of the molecule is CC(Oc1ccc(CCN)nc1)C(N)=O. The second kappa shape index (κ2) is 5.31. The molecule has 0 saturated carbocycles. The number of carbonyl (C=O) groups excluding carboxylic acids is 1. The largest absolute Gasteiger partial charge is 0.479 e. The lowest BCUT2D eigenvalue weighted by molar-refractivity contribution is -0.123. The second-order valence-electron chi connectivity index (χ2n) is 3.19. The van der Waals surface area contributed by atoms with Crippen molar-refractivity contribution in [2.45, 2.75) is 19.4 Å². The zero-order chi connectivity index (χ0) is 11.3. The molecule has 0 spiro atoms. The highest BCUT2D eigenvalue weighted by atomic mass is 16.5. The van der Waals surface area contributed by atoms with E-state index in [2.05, 4.69) is 4.98 Å². The van der Waals surface area contributed by atoms with Gasteiger partial charge in [-0.3, -0.25) is 9.78 Å². The Hall–Kier alpha value is -1.62. The van der Waals surface area contributed by atoms with E-state index in [0.717, 1.165) is 12.1 Å². The van der Waals surface area contributed by atoms with Crippen LogP contribution in [-0.4, -0.2) is 23.5 Å². The van der Waals surface area contributed by atoms with E-state index in [1.807, 2.05) is 6.07 Å². The highest BCUT2D eigenvalue weighted by molar-refractivity contribution is 5.78. The predicted molar refractivity (Wildman–Crippen MR) is 56.3 cm³/mol. The number of amides is 1. The Morgan fingerprint density at radius 1 is 1.60 bits per heavy atom. The van der Waals surface area contributed by atoms with E-state index in [9.17, 15) is 4.79 Å². The number of nitrogens with zero attached hydrogens (tertiary/aromatic N) is 1. The Morgan fingerprint density at radius 2 is 2.33 bits per heavy atom. The number of rotatable bonds is 5. The first-order valence-corrected chi connectivity index (χ1v) is 4.74. The standard InChI is InChI=1S/C10H15N3O2/c1-7(10(12)14)15-9-3-2-8(4-5-11)13-6-9/h2-3,6-7H,4-5,11H2,1H3,(H2,12,14). The van der Waals surface area contributed by atoms with Crippen LogP contribution in [0, 0.1) is 0 Å². The Kier molecular flexibility index (Phi) is 4.05. The molecule has 0 bridgehead atoms. The summed E-state index contributed by atoms with van der Waals surface area (Å²) in [7, 11) is 0. The van der Waals surface area contributed by atoms with Gasteiger partial charge < -0.3 is 16.2 Å². The Morgan fingerprint density at radius 3 is 2.80 bits per heavy atom. The molecular formula is C10H15N3O2. The van der Waals surface area contributed by atoms with Crippen molar-refractivity contribution in [3.63, 3.8) is 0 Å². The van der Waals surface area contributed by atoms with Crippen LogP contribution in [0.4, 0.5) is 0 Å². The highest BCUT2D eigenvalue weighted by Crippen LogP contribution is 2.11. The monoisotopic (exact) mass is 209 g/mol. The summed E-state index contributed by atoms with van der Waals surface area (Å²) in [5, 5.41) is 0. The van der Waals surface area contributed by atoms with Gasteiger partial charge in [0, 0.05) is 12.1 Å². The van der Waals surface area contributed by atoms with Crippen LogP contribution in [0.5, 0.6) is 5.75 Å². The fourth-order valence-corrected chi connectivity index (χ4v) is 1.04. The van der Waals surface area contributed by atoms with Gasteiger partial charge in [0.2, 0.25) is 0 Å². The number of pyridine rings is 1. The molecule has 1 heterocycles. The van der Waals surface area contributed by atoms with E-state index in [1.165, 1.54) is 0 Å². The summed E-state index contributed by atoms with van der Waals surface area (Å²) in [5.41, 5.74) is 11.3. The number of primary amides is 1. The smallest absolute Gasteiger partial charge is 0.258 e. The third kappa shape index (κ3) is 3.55. The maximum atomic E-state index is 10.7. The number of aromatic nitrogens is 1. The number of carbonyl (C=O) groups is 1. The average Bonchev–Trinajstić information content (AvgIpc) is 2.21. The quantitative estimate of drug-likeness (QED) is 0.704. The maximum Gasteiger partial charge on any atom is 0.258 e. The van der Waals surface area contributed by atoms with E-state index in [-0.39, 0.29) is 0 Å². The van der Waals surface area contributed by atoms with Crippen molar-refractivity contribution in [2.75, 3.05) is 6.54 Å². The molecule has 82 valence electrons. The van der Waals surface area contributed by atoms with Crippen LogP contribution in [0.25, 0.3) is 0 Å². The molecule has 0 aliphatic heterocycles. The van der Waals surface area contributed by atoms with E-state index in [1.54, 1.807) is 19.2 Å². The fraction of sp³-hybridized carbons (Fsp3) is 0.400. The van der Waals surface area contributed by atoms with Crippen molar-refractivity contribution < 1.29 is 9.53 Å². The van der Waals surface area contributed by atoms with Gasteiger partial charge in [0.25, 0.3) is 5.91 Å². The summed E-state index contributed by atoms with van der Waals surface area (Å²) in [4.78, 5) is 14.9. The van der Waals surface area contributed by atoms with E-state index in [0.29, 0.717) is 12.3 Å². The maximum absolute atomic E-state index is 10.7. The van der Waals surface area contributed by atoms with Gasteiger partial charge >= 0.3 is 0 Å². The predicted octanol–water partition coefficient (Wildman–Crippen LogP) is -0.165. The Labute approximate surface area is 88.4 Å². The number of ether oxygens (including phenoxy) is 1. The van der Waals surface area contributed by atoms with Crippen LogP contribution in [-0.2, 0) is 11.2 Å². The van der Waals surface area contributed by atoms with Gasteiger partial charge in [0.05, 0.1) is 6.20 Å². The summed E-state index contributed by atoms with van der Waals surface area (Å²) >= 11 is 0. The number of nitrogens with two attached hydrogens (primary N) is 2. The molecule has 1 aromatic rings. The van der Waals surface area contributed by atoms with Crippen LogP contribution < -0.4 is 16.2 Å². The topological polar surface area (TPSA) is 91.2 Å². The van der Waals surface area contributed by atoms with Gasteiger partial charge in [-0.1, -0.05) is 0 Å². The highest BCUT2D eigenvalue weighted by Gasteiger charge is 2.09. The fourth-order valence-electron chi connectivity index (χ4n) is 1.04. The average molecular weight is 209 g/mol. The molecule has 1 atom stereocenters. The lowest BCUT2D eigenvalue weighted by atomic mass is 10.3. The van der Waals surface area contributed by atoms with Crippen molar-refractivity contribution >= 4 is 5.91 Å². The number of hydrogen-bond acceptors (Lipinski definition) is 4. The minimum absolute atomic E-state index is 0.499. The Balaban J connectivity index is 2.60. The van der Waals surface area contributed by atoms with E-state index < -0.39 is 12.0 Å². The lowest BCUT2D eigenvalue weighted by Crippen LogP contribution is -2.30. The zero-order valence-electron chi connectivity index (χ0n) is 8.64. The molecular weight excluding hydrogens is 194 g/mol. The molecule has 1 aromatic heterocycles. The molecule has 0 aliphatic carbocycles. The summed E-state index contributed by atoms with van der Waals surface area (Å²) in [6, 6.07) is 3.56. The van der Waals surface area contributed by atoms with E-state index >= 15 is 0 Å². The minimum Gasteiger partial charge on any atom is -0.479 e. The minimum atomic E-state index is -0.646. The molecule has 1 amide bonds. The molecule has 5 heteroatoms. The van der Waals surface area contributed by atoms with Crippen LogP contribution in [0.2, 0.25) is 0 Å². The summed E-state index contributed by atoms with van der Waals surface area (Å²) in [6.07, 6.45) is 1.64. The van der Waals surface area contributed by atoms with Gasteiger partial charge in [-0.05, 0) is 25.6 Å². The molecule has 1 rings (SSSR count). The van der Waals surface area contributed by atoms with Gasteiger partial charge in [0.15, 0.2) is 6.10 Å². The van der Waals surface area contributed by atoms with Crippen LogP contribution in [0.3, 0.4) is 0 Å². The second-order valence-corrected chi connectivity index (χ2v) is 3.19. The molecule has 0 aromatic carbocycles. The molecule has 0 aliphatic rings. The lowest BCUT2D eigenvalue weighted by Gasteiger charge is -2.10. The van der Waals surface area contributed by atoms with Gasteiger partial charge in [0.1, 0.15) is 5.75 Å². The van der Waals surface area contributed by atoms with Gasteiger partial charge in [-0.15, -0.1) is 0 Å². The molecule has 0 saturated heterocycles. The molecule has 1 unspecified atom stereocenters. The van der Waals surface area contributed by atoms with Gasteiger partial charge in [-0.25, -0.2) is 0 Å². The van der Waals surface area contributed by atoms with E-state index in [4.69, 9.17) is 16.2 Å². The van der Waals surface area contributed by atoms with Crippen LogP contribution >= 0.6 is 0 Å². The van der Waals surface area contributed by atoms with Crippen molar-refractivity contribution in [3.05, 3.63) is 24.0 Å². The number of hydrogen-bond donors (Lipinski definition) is 2. The molecule has 5 nitrogen and oxygen atoms in total. The first-order valence-electron chi connectivity index (χ1n) is 4.74. The third-order valence-electron chi connectivity index (χ3n) is 1.91. The van der Waals surface area contributed by atoms with Crippen LogP contribution in [0.1, 0.15) is 12.6 Å². The first-order chi connectivity index (χ1) is 7.13. The van der Waals surface area contributed by atoms with Crippen molar-refractivity contribution in [1.82, 2.24) is 4.98 Å².